The average Bonchev–Trinajstić information content (AvgIpc) is 2.71. The fourth-order valence-electron chi connectivity index (χ4n) is 3.27. The van der Waals surface area contributed by atoms with E-state index in [0.29, 0.717) is 48.5 Å². The highest BCUT2D eigenvalue weighted by atomic mass is 79.9. The zero-order valence-electron chi connectivity index (χ0n) is 15.3. The standard InChI is InChI=1S/C21H19BrFN3O2/c1-13-10-15(3-4-18(13)22)25-20-16-11-14(23)2-5-19(16)24-12-17(20)21(27)26-6-8-28-9-7-26/h2-5,10-12H,6-9H2,1H3,(H,24,25). The highest BCUT2D eigenvalue weighted by Gasteiger charge is 2.23. The number of carbonyl (C=O) groups excluding carboxylic acids is 1. The van der Waals surface area contributed by atoms with Crippen LogP contribution in [-0.2, 0) is 4.74 Å². The van der Waals surface area contributed by atoms with E-state index in [1.54, 1.807) is 17.2 Å². The summed E-state index contributed by atoms with van der Waals surface area (Å²) in [6.07, 6.45) is 1.56. The summed E-state index contributed by atoms with van der Waals surface area (Å²) in [6, 6.07) is 10.2. The molecule has 0 bridgehead atoms. The number of ether oxygens (including phenoxy) is 1. The number of pyridine rings is 1. The molecule has 1 N–H and O–H groups in total. The lowest BCUT2D eigenvalue weighted by Crippen LogP contribution is -2.41. The van der Waals surface area contributed by atoms with Crippen molar-refractivity contribution in [1.29, 1.82) is 0 Å². The zero-order valence-corrected chi connectivity index (χ0v) is 16.9. The van der Waals surface area contributed by atoms with Crippen LogP contribution in [0.3, 0.4) is 0 Å². The predicted octanol–water partition coefficient (Wildman–Crippen LogP) is 4.66. The molecular weight excluding hydrogens is 425 g/mol. The van der Waals surface area contributed by atoms with Crippen LogP contribution in [0.15, 0.2) is 47.1 Å². The van der Waals surface area contributed by atoms with Crippen molar-refractivity contribution in [2.45, 2.75) is 6.92 Å². The Balaban J connectivity index is 1.83. The molecule has 1 amide bonds. The van der Waals surface area contributed by atoms with Crippen molar-refractivity contribution in [2.75, 3.05) is 31.6 Å². The molecular formula is C21H19BrFN3O2. The van der Waals surface area contributed by atoms with Crippen LogP contribution >= 0.6 is 15.9 Å². The first-order chi connectivity index (χ1) is 13.5. The average molecular weight is 444 g/mol. The number of fused-ring (bicyclic) bond motifs is 1. The van der Waals surface area contributed by atoms with Crippen LogP contribution in [0, 0.1) is 12.7 Å². The first-order valence-corrected chi connectivity index (χ1v) is 9.81. The fourth-order valence-corrected chi connectivity index (χ4v) is 3.51. The largest absolute Gasteiger partial charge is 0.378 e. The van der Waals surface area contributed by atoms with Crippen molar-refractivity contribution in [1.82, 2.24) is 9.88 Å². The first-order valence-electron chi connectivity index (χ1n) is 9.01. The number of morpholine rings is 1. The van der Waals surface area contributed by atoms with E-state index >= 15 is 0 Å². The van der Waals surface area contributed by atoms with Crippen LogP contribution < -0.4 is 5.32 Å². The topological polar surface area (TPSA) is 54.5 Å². The van der Waals surface area contributed by atoms with E-state index in [-0.39, 0.29) is 11.7 Å². The van der Waals surface area contributed by atoms with Gasteiger partial charge in [-0.1, -0.05) is 15.9 Å². The van der Waals surface area contributed by atoms with E-state index in [2.05, 4.69) is 26.2 Å². The summed E-state index contributed by atoms with van der Waals surface area (Å²) in [6.45, 7) is 4.05. The smallest absolute Gasteiger partial charge is 0.257 e. The van der Waals surface area contributed by atoms with Gasteiger partial charge in [0.15, 0.2) is 0 Å². The van der Waals surface area contributed by atoms with Gasteiger partial charge in [0.05, 0.1) is 30.0 Å². The van der Waals surface area contributed by atoms with Gasteiger partial charge < -0.3 is 15.0 Å². The van der Waals surface area contributed by atoms with Crippen molar-refractivity contribution in [3.05, 3.63) is 64.0 Å². The molecule has 7 heteroatoms. The number of halogens is 2. The Morgan fingerprint density at radius 3 is 2.75 bits per heavy atom. The molecule has 3 aromatic rings. The van der Waals surface area contributed by atoms with Crippen LogP contribution in [0.4, 0.5) is 15.8 Å². The molecule has 2 heterocycles. The third-order valence-electron chi connectivity index (χ3n) is 4.79. The minimum atomic E-state index is -0.375. The van der Waals surface area contributed by atoms with Crippen LogP contribution in [0.2, 0.25) is 0 Å². The number of aromatic nitrogens is 1. The number of hydrogen-bond donors (Lipinski definition) is 1. The van der Waals surface area contributed by atoms with E-state index in [9.17, 15) is 9.18 Å². The van der Waals surface area contributed by atoms with Crippen molar-refractivity contribution in [2.24, 2.45) is 0 Å². The number of anilines is 2. The maximum atomic E-state index is 14.0. The van der Waals surface area contributed by atoms with Crippen molar-refractivity contribution < 1.29 is 13.9 Å². The number of rotatable bonds is 3. The van der Waals surface area contributed by atoms with Crippen LogP contribution in [-0.4, -0.2) is 42.1 Å². The Labute approximate surface area is 170 Å². The SMILES string of the molecule is Cc1cc(Nc2c(C(=O)N3CCOCC3)cnc3ccc(F)cc23)ccc1Br. The van der Waals surface area contributed by atoms with Gasteiger partial charge in [0, 0.05) is 34.8 Å². The first kappa shape index (κ1) is 18.8. The number of nitrogens with zero attached hydrogens (tertiary/aromatic N) is 2. The Morgan fingerprint density at radius 1 is 1.21 bits per heavy atom. The molecule has 2 aromatic carbocycles. The number of aryl methyl sites for hydroxylation is 1. The normalized spacial score (nSPS) is 14.3. The molecule has 1 aromatic heterocycles. The lowest BCUT2D eigenvalue weighted by molar-refractivity contribution is 0.0303. The van der Waals surface area contributed by atoms with E-state index in [1.807, 2.05) is 25.1 Å². The number of amides is 1. The molecule has 1 aliphatic rings. The summed E-state index contributed by atoms with van der Waals surface area (Å²) >= 11 is 3.49. The quantitative estimate of drug-likeness (QED) is 0.639. The summed E-state index contributed by atoms with van der Waals surface area (Å²) < 4.78 is 20.3. The lowest BCUT2D eigenvalue weighted by atomic mass is 10.1. The second-order valence-electron chi connectivity index (χ2n) is 6.70. The van der Waals surface area contributed by atoms with Crippen LogP contribution in [0.5, 0.6) is 0 Å². The molecule has 28 heavy (non-hydrogen) atoms. The summed E-state index contributed by atoms with van der Waals surface area (Å²) in [5.41, 5.74) is 3.46. The summed E-state index contributed by atoms with van der Waals surface area (Å²) in [5, 5.41) is 3.89. The van der Waals surface area contributed by atoms with Gasteiger partial charge in [0.2, 0.25) is 0 Å². The number of benzene rings is 2. The van der Waals surface area contributed by atoms with Crippen LogP contribution in [0.25, 0.3) is 10.9 Å². The summed E-state index contributed by atoms with van der Waals surface area (Å²) in [5.74, 6) is -0.515. The molecule has 144 valence electrons. The molecule has 5 nitrogen and oxygen atoms in total. The molecule has 0 atom stereocenters. The van der Waals surface area contributed by atoms with Gasteiger partial charge in [0.1, 0.15) is 5.82 Å². The maximum absolute atomic E-state index is 14.0. The van der Waals surface area contributed by atoms with Gasteiger partial charge in [-0.25, -0.2) is 4.39 Å². The van der Waals surface area contributed by atoms with Gasteiger partial charge in [-0.05, 0) is 48.9 Å². The monoisotopic (exact) mass is 443 g/mol. The van der Waals surface area contributed by atoms with Gasteiger partial charge in [0.25, 0.3) is 5.91 Å². The third kappa shape index (κ3) is 3.72. The molecule has 1 aliphatic heterocycles. The van der Waals surface area contributed by atoms with Crippen molar-refractivity contribution in [3.63, 3.8) is 0 Å². The van der Waals surface area contributed by atoms with Gasteiger partial charge >= 0.3 is 0 Å². The molecule has 4 rings (SSSR count). The fraction of sp³-hybridized carbons (Fsp3) is 0.238. The minimum Gasteiger partial charge on any atom is -0.378 e. The lowest BCUT2D eigenvalue weighted by Gasteiger charge is -2.28. The highest BCUT2D eigenvalue weighted by molar-refractivity contribution is 9.10. The Morgan fingerprint density at radius 2 is 2.00 bits per heavy atom. The molecule has 1 fully saturated rings. The molecule has 0 radical (unpaired) electrons. The Hall–Kier alpha value is -2.51. The Kier molecular flexibility index (Phi) is 5.28. The highest BCUT2D eigenvalue weighted by Crippen LogP contribution is 2.32. The van der Waals surface area contributed by atoms with Crippen molar-refractivity contribution >= 4 is 44.1 Å². The van der Waals surface area contributed by atoms with Gasteiger partial charge in [-0.3, -0.25) is 9.78 Å². The van der Waals surface area contributed by atoms with Crippen molar-refractivity contribution in [3.8, 4) is 0 Å². The second-order valence-corrected chi connectivity index (χ2v) is 7.56. The minimum absolute atomic E-state index is 0.140. The third-order valence-corrected chi connectivity index (χ3v) is 5.68. The van der Waals surface area contributed by atoms with E-state index < -0.39 is 0 Å². The van der Waals surface area contributed by atoms with Gasteiger partial charge in [-0.15, -0.1) is 0 Å². The predicted molar refractivity (Wildman–Crippen MR) is 111 cm³/mol. The summed E-state index contributed by atoms with van der Waals surface area (Å²) in [7, 11) is 0. The maximum Gasteiger partial charge on any atom is 0.257 e. The number of nitrogens with one attached hydrogen (secondary N) is 1. The second kappa shape index (κ2) is 7.85. The molecule has 0 aliphatic carbocycles. The van der Waals surface area contributed by atoms with Crippen LogP contribution in [0.1, 0.15) is 15.9 Å². The number of hydrogen-bond acceptors (Lipinski definition) is 4. The van der Waals surface area contributed by atoms with E-state index in [0.717, 1.165) is 15.7 Å². The zero-order chi connectivity index (χ0) is 19.7. The molecule has 0 saturated carbocycles. The van der Waals surface area contributed by atoms with E-state index in [1.165, 1.54) is 12.1 Å². The van der Waals surface area contributed by atoms with E-state index in [4.69, 9.17) is 4.74 Å². The molecule has 0 spiro atoms. The summed E-state index contributed by atoms with van der Waals surface area (Å²) in [4.78, 5) is 19.3. The Bertz CT molecular complexity index is 1050. The number of carbonyl (C=O) groups is 1. The van der Waals surface area contributed by atoms with Gasteiger partial charge in [-0.2, -0.15) is 0 Å². The molecule has 1 saturated heterocycles. The molecule has 0 unspecified atom stereocenters.